The van der Waals surface area contributed by atoms with E-state index in [4.69, 9.17) is 9.26 Å². The van der Waals surface area contributed by atoms with Crippen molar-refractivity contribution in [1.29, 1.82) is 0 Å². The van der Waals surface area contributed by atoms with Gasteiger partial charge in [-0.2, -0.15) is 4.98 Å². The van der Waals surface area contributed by atoms with E-state index in [1.807, 2.05) is 45.0 Å². The van der Waals surface area contributed by atoms with Gasteiger partial charge in [-0.3, -0.25) is 4.79 Å². The topological polar surface area (TPSA) is 77.2 Å². The van der Waals surface area contributed by atoms with Crippen LogP contribution in [-0.4, -0.2) is 22.7 Å². The standard InChI is InChI=1S/C20H21N3O3/c1-4-18-22-20(26-23-18)15-6-5-7-17(11-15)25-12-19(24)21-16-9-13(2)8-14(3)10-16/h5-11H,4,12H2,1-3H3,(H,21,24). The number of nitrogens with zero attached hydrogens (tertiary/aromatic N) is 2. The number of aromatic nitrogens is 2. The minimum absolute atomic E-state index is 0.0829. The van der Waals surface area contributed by atoms with Crippen LogP contribution in [0.2, 0.25) is 0 Å². The van der Waals surface area contributed by atoms with Crippen LogP contribution in [0, 0.1) is 13.8 Å². The molecule has 0 saturated heterocycles. The van der Waals surface area contributed by atoms with Crippen molar-refractivity contribution in [2.45, 2.75) is 27.2 Å². The highest BCUT2D eigenvalue weighted by atomic mass is 16.5. The van der Waals surface area contributed by atoms with E-state index in [9.17, 15) is 4.79 Å². The van der Waals surface area contributed by atoms with Crippen LogP contribution in [0.1, 0.15) is 23.9 Å². The summed E-state index contributed by atoms with van der Waals surface area (Å²) in [6, 6.07) is 13.1. The van der Waals surface area contributed by atoms with Crippen molar-refractivity contribution in [2.75, 3.05) is 11.9 Å². The molecule has 26 heavy (non-hydrogen) atoms. The first-order chi connectivity index (χ1) is 12.5. The number of benzene rings is 2. The molecule has 0 aliphatic rings. The zero-order valence-electron chi connectivity index (χ0n) is 15.1. The molecule has 1 amide bonds. The highest BCUT2D eigenvalue weighted by molar-refractivity contribution is 5.92. The van der Waals surface area contributed by atoms with E-state index in [2.05, 4.69) is 21.5 Å². The SMILES string of the molecule is CCc1noc(-c2cccc(OCC(=O)Nc3cc(C)cc(C)c3)c2)n1. The number of carbonyl (C=O) groups excluding carboxylic acids is 1. The maximum atomic E-state index is 12.1. The van der Waals surface area contributed by atoms with E-state index in [1.54, 1.807) is 12.1 Å². The van der Waals surface area contributed by atoms with E-state index >= 15 is 0 Å². The number of hydrogen-bond donors (Lipinski definition) is 1. The van der Waals surface area contributed by atoms with E-state index in [0.29, 0.717) is 23.9 Å². The minimum Gasteiger partial charge on any atom is -0.484 e. The highest BCUT2D eigenvalue weighted by Crippen LogP contribution is 2.22. The molecule has 0 bridgehead atoms. The van der Waals surface area contributed by atoms with Crippen molar-refractivity contribution in [3.05, 3.63) is 59.4 Å². The summed E-state index contributed by atoms with van der Waals surface area (Å²) in [6.45, 7) is 5.86. The molecule has 0 aliphatic heterocycles. The molecule has 0 radical (unpaired) electrons. The molecule has 1 heterocycles. The van der Waals surface area contributed by atoms with Gasteiger partial charge in [0.2, 0.25) is 0 Å². The number of ether oxygens (including phenoxy) is 1. The molecule has 0 unspecified atom stereocenters. The third kappa shape index (κ3) is 4.47. The summed E-state index contributed by atoms with van der Waals surface area (Å²) in [5.41, 5.74) is 3.71. The zero-order valence-corrected chi connectivity index (χ0v) is 15.1. The summed E-state index contributed by atoms with van der Waals surface area (Å²) >= 11 is 0. The van der Waals surface area contributed by atoms with Crippen LogP contribution < -0.4 is 10.1 Å². The summed E-state index contributed by atoms with van der Waals surface area (Å²) in [5.74, 6) is 1.44. The molecular weight excluding hydrogens is 330 g/mol. The summed E-state index contributed by atoms with van der Waals surface area (Å²) in [5, 5.41) is 6.73. The van der Waals surface area contributed by atoms with Crippen molar-refractivity contribution in [2.24, 2.45) is 0 Å². The fourth-order valence-electron chi connectivity index (χ4n) is 2.63. The van der Waals surface area contributed by atoms with E-state index in [0.717, 1.165) is 22.4 Å². The van der Waals surface area contributed by atoms with Gasteiger partial charge in [-0.25, -0.2) is 0 Å². The van der Waals surface area contributed by atoms with Crippen molar-refractivity contribution in [3.63, 3.8) is 0 Å². The molecule has 0 fully saturated rings. The second kappa shape index (κ2) is 7.82. The first-order valence-electron chi connectivity index (χ1n) is 8.47. The Labute approximate surface area is 152 Å². The predicted molar refractivity (Wildman–Crippen MR) is 99.2 cm³/mol. The average Bonchev–Trinajstić information content (AvgIpc) is 3.08. The number of aryl methyl sites for hydroxylation is 3. The number of amides is 1. The third-order valence-corrected chi connectivity index (χ3v) is 3.74. The van der Waals surface area contributed by atoms with Crippen LogP contribution in [0.5, 0.6) is 5.75 Å². The van der Waals surface area contributed by atoms with Gasteiger partial charge in [0, 0.05) is 17.7 Å². The van der Waals surface area contributed by atoms with Gasteiger partial charge in [-0.1, -0.05) is 24.2 Å². The molecule has 1 aromatic heterocycles. The van der Waals surface area contributed by atoms with E-state index < -0.39 is 0 Å². The largest absolute Gasteiger partial charge is 0.484 e. The van der Waals surface area contributed by atoms with Gasteiger partial charge in [-0.15, -0.1) is 0 Å². The molecule has 6 nitrogen and oxygen atoms in total. The second-order valence-corrected chi connectivity index (χ2v) is 6.11. The maximum absolute atomic E-state index is 12.1. The van der Waals surface area contributed by atoms with Crippen LogP contribution in [0.15, 0.2) is 47.0 Å². The fraction of sp³-hybridized carbons (Fsp3) is 0.250. The van der Waals surface area contributed by atoms with Crippen LogP contribution in [0.3, 0.4) is 0 Å². The molecule has 1 N–H and O–H groups in total. The van der Waals surface area contributed by atoms with E-state index in [1.165, 1.54) is 0 Å². The Bertz CT molecular complexity index is 898. The van der Waals surface area contributed by atoms with Gasteiger partial charge in [0.25, 0.3) is 11.8 Å². The number of nitrogens with one attached hydrogen (secondary N) is 1. The second-order valence-electron chi connectivity index (χ2n) is 6.11. The Hall–Kier alpha value is -3.15. The Morgan fingerprint density at radius 3 is 2.62 bits per heavy atom. The summed E-state index contributed by atoms with van der Waals surface area (Å²) in [7, 11) is 0. The molecule has 134 valence electrons. The molecule has 0 spiro atoms. The molecule has 0 atom stereocenters. The van der Waals surface area contributed by atoms with Gasteiger partial charge in [-0.05, 0) is 55.3 Å². The molecule has 3 aromatic rings. The van der Waals surface area contributed by atoms with Crippen molar-refractivity contribution >= 4 is 11.6 Å². The normalized spacial score (nSPS) is 10.6. The number of rotatable bonds is 6. The van der Waals surface area contributed by atoms with Crippen LogP contribution in [-0.2, 0) is 11.2 Å². The highest BCUT2D eigenvalue weighted by Gasteiger charge is 2.10. The summed E-state index contributed by atoms with van der Waals surface area (Å²) < 4.78 is 10.8. The maximum Gasteiger partial charge on any atom is 0.262 e. The van der Waals surface area contributed by atoms with E-state index in [-0.39, 0.29) is 12.5 Å². The monoisotopic (exact) mass is 351 g/mol. The molecule has 0 aliphatic carbocycles. The van der Waals surface area contributed by atoms with Gasteiger partial charge in [0.15, 0.2) is 12.4 Å². The lowest BCUT2D eigenvalue weighted by molar-refractivity contribution is -0.118. The van der Waals surface area contributed by atoms with Crippen molar-refractivity contribution in [3.8, 4) is 17.2 Å². The van der Waals surface area contributed by atoms with Crippen LogP contribution >= 0.6 is 0 Å². The predicted octanol–water partition coefficient (Wildman–Crippen LogP) is 3.93. The van der Waals surface area contributed by atoms with Gasteiger partial charge in [0.05, 0.1) is 0 Å². The minimum atomic E-state index is -0.216. The number of hydrogen-bond acceptors (Lipinski definition) is 5. The molecule has 3 rings (SSSR count). The number of anilines is 1. The lowest BCUT2D eigenvalue weighted by atomic mass is 10.1. The summed E-state index contributed by atoms with van der Waals surface area (Å²) in [6.07, 6.45) is 0.707. The fourth-order valence-corrected chi connectivity index (χ4v) is 2.63. The molecular formula is C20H21N3O3. The Kier molecular flexibility index (Phi) is 5.31. The Morgan fingerprint density at radius 2 is 1.92 bits per heavy atom. The van der Waals surface area contributed by atoms with Crippen LogP contribution in [0.4, 0.5) is 5.69 Å². The third-order valence-electron chi connectivity index (χ3n) is 3.74. The van der Waals surface area contributed by atoms with Crippen molar-refractivity contribution in [1.82, 2.24) is 10.1 Å². The average molecular weight is 351 g/mol. The lowest BCUT2D eigenvalue weighted by Gasteiger charge is -2.09. The first-order valence-corrected chi connectivity index (χ1v) is 8.47. The zero-order chi connectivity index (χ0) is 18.5. The Morgan fingerprint density at radius 1 is 1.15 bits per heavy atom. The van der Waals surface area contributed by atoms with Gasteiger partial charge < -0.3 is 14.6 Å². The quantitative estimate of drug-likeness (QED) is 0.728. The van der Waals surface area contributed by atoms with Crippen molar-refractivity contribution < 1.29 is 14.1 Å². The van der Waals surface area contributed by atoms with Gasteiger partial charge >= 0.3 is 0 Å². The lowest BCUT2D eigenvalue weighted by Crippen LogP contribution is -2.20. The molecule has 0 saturated carbocycles. The summed E-state index contributed by atoms with van der Waals surface area (Å²) in [4.78, 5) is 16.4. The molecule has 2 aromatic carbocycles. The first kappa shape index (κ1) is 17.7. The van der Waals surface area contributed by atoms with Gasteiger partial charge in [0.1, 0.15) is 5.75 Å². The number of carbonyl (C=O) groups is 1. The molecule has 6 heteroatoms. The smallest absolute Gasteiger partial charge is 0.262 e. The van der Waals surface area contributed by atoms with Crippen LogP contribution in [0.25, 0.3) is 11.5 Å². The Balaban J connectivity index is 1.62.